The van der Waals surface area contributed by atoms with Crippen LogP contribution in [0.3, 0.4) is 0 Å². The summed E-state index contributed by atoms with van der Waals surface area (Å²) < 4.78 is 2.57. The SMILES string of the molecule is c1ccc(-c2cccc3ccc(-c4ccc(N(c5cccc(-c6cccc7cccc(-c8ccccc8)c67)c5)c5cccc6c5sc5ccccc56)cc4)cc23)cc1. The van der Waals surface area contributed by atoms with E-state index in [1.54, 1.807) is 0 Å². The molecule has 1 nitrogen and oxygen atoms in total. The first-order chi connectivity index (χ1) is 28.8. The molecule has 0 atom stereocenters. The Balaban J connectivity index is 1.07. The summed E-state index contributed by atoms with van der Waals surface area (Å²) in [7, 11) is 0. The van der Waals surface area contributed by atoms with Crippen molar-refractivity contribution < 1.29 is 0 Å². The van der Waals surface area contributed by atoms with Gasteiger partial charge in [-0.2, -0.15) is 0 Å². The number of nitrogens with zero attached hydrogens (tertiary/aromatic N) is 1. The first-order valence-corrected chi connectivity index (χ1v) is 20.7. The van der Waals surface area contributed by atoms with E-state index in [2.05, 4.69) is 229 Å². The van der Waals surface area contributed by atoms with E-state index < -0.39 is 0 Å². The summed E-state index contributed by atoms with van der Waals surface area (Å²) in [5.41, 5.74) is 13.1. The average molecular weight is 756 g/mol. The van der Waals surface area contributed by atoms with Crippen molar-refractivity contribution in [2.75, 3.05) is 4.90 Å². The molecule has 10 aromatic carbocycles. The van der Waals surface area contributed by atoms with E-state index in [1.165, 1.54) is 91.9 Å². The van der Waals surface area contributed by atoms with Gasteiger partial charge in [-0.3, -0.25) is 0 Å². The van der Waals surface area contributed by atoms with Crippen LogP contribution >= 0.6 is 11.3 Å². The van der Waals surface area contributed by atoms with E-state index >= 15 is 0 Å². The van der Waals surface area contributed by atoms with Crippen molar-refractivity contribution in [1.29, 1.82) is 0 Å². The maximum absolute atomic E-state index is 2.45. The van der Waals surface area contributed by atoms with Gasteiger partial charge < -0.3 is 4.90 Å². The van der Waals surface area contributed by atoms with Crippen LogP contribution in [0.25, 0.3) is 86.2 Å². The van der Waals surface area contributed by atoms with Gasteiger partial charge in [-0.25, -0.2) is 0 Å². The van der Waals surface area contributed by atoms with Crippen LogP contribution in [0.15, 0.2) is 224 Å². The molecule has 0 aliphatic carbocycles. The van der Waals surface area contributed by atoms with Crippen molar-refractivity contribution in [3.8, 4) is 44.5 Å². The lowest BCUT2D eigenvalue weighted by molar-refractivity contribution is 1.30. The third-order valence-electron chi connectivity index (χ3n) is 11.5. The molecule has 0 aliphatic heterocycles. The summed E-state index contributed by atoms with van der Waals surface area (Å²) >= 11 is 1.87. The molecule has 1 heterocycles. The number of thiophene rings is 1. The Kier molecular flexibility index (Phi) is 8.42. The highest BCUT2D eigenvalue weighted by atomic mass is 32.1. The summed E-state index contributed by atoms with van der Waals surface area (Å²) in [6.07, 6.45) is 0. The molecule has 0 saturated carbocycles. The van der Waals surface area contributed by atoms with Crippen LogP contribution in [0.5, 0.6) is 0 Å². The monoisotopic (exact) mass is 755 g/mol. The minimum Gasteiger partial charge on any atom is -0.309 e. The number of hydrogen-bond acceptors (Lipinski definition) is 2. The predicted molar refractivity (Wildman–Crippen MR) is 251 cm³/mol. The van der Waals surface area contributed by atoms with Gasteiger partial charge in [0.1, 0.15) is 0 Å². The zero-order valence-electron chi connectivity index (χ0n) is 31.7. The van der Waals surface area contributed by atoms with Crippen LogP contribution < -0.4 is 4.90 Å². The Morgan fingerprint density at radius 3 is 1.67 bits per heavy atom. The van der Waals surface area contributed by atoms with Gasteiger partial charge in [0.25, 0.3) is 0 Å². The molecule has 11 rings (SSSR count). The van der Waals surface area contributed by atoms with Gasteiger partial charge in [-0.05, 0) is 109 Å². The van der Waals surface area contributed by atoms with Crippen molar-refractivity contribution in [3.05, 3.63) is 224 Å². The molecule has 272 valence electrons. The van der Waals surface area contributed by atoms with E-state index in [0.29, 0.717) is 0 Å². The molecule has 58 heavy (non-hydrogen) atoms. The normalized spacial score (nSPS) is 11.4. The highest BCUT2D eigenvalue weighted by Crippen LogP contribution is 2.46. The number of hydrogen-bond donors (Lipinski definition) is 0. The number of benzene rings is 10. The molecule has 2 heteroatoms. The minimum atomic E-state index is 1.11. The van der Waals surface area contributed by atoms with Crippen molar-refractivity contribution in [2.45, 2.75) is 0 Å². The van der Waals surface area contributed by atoms with Crippen LogP contribution in [-0.4, -0.2) is 0 Å². The second-order valence-corrected chi connectivity index (χ2v) is 15.9. The summed E-state index contributed by atoms with van der Waals surface area (Å²) in [5.74, 6) is 0. The zero-order valence-corrected chi connectivity index (χ0v) is 32.5. The highest BCUT2D eigenvalue weighted by Gasteiger charge is 2.20. The average Bonchev–Trinajstić information content (AvgIpc) is 3.69. The van der Waals surface area contributed by atoms with Gasteiger partial charge in [-0.1, -0.05) is 182 Å². The maximum atomic E-state index is 2.45. The van der Waals surface area contributed by atoms with Crippen LogP contribution in [0, 0.1) is 0 Å². The van der Waals surface area contributed by atoms with Gasteiger partial charge in [-0.15, -0.1) is 11.3 Å². The van der Waals surface area contributed by atoms with E-state index in [9.17, 15) is 0 Å². The topological polar surface area (TPSA) is 3.24 Å². The van der Waals surface area contributed by atoms with Crippen LogP contribution in [0.1, 0.15) is 0 Å². The summed E-state index contributed by atoms with van der Waals surface area (Å²) in [5, 5.41) is 7.57. The molecule has 0 radical (unpaired) electrons. The van der Waals surface area contributed by atoms with Gasteiger partial charge >= 0.3 is 0 Å². The quantitative estimate of drug-likeness (QED) is 0.157. The highest BCUT2D eigenvalue weighted by molar-refractivity contribution is 7.26. The summed E-state index contributed by atoms with van der Waals surface area (Å²) in [6.45, 7) is 0. The molecular weight excluding hydrogens is 719 g/mol. The second-order valence-electron chi connectivity index (χ2n) is 14.9. The molecule has 0 N–H and O–H groups in total. The smallest absolute Gasteiger partial charge is 0.0640 e. The van der Waals surface area contributed by atoms with E-state index in [0.717, 1.165) is 11.4 Å². The lowest BCUT2D eigenvalue weighted by atomic mass is 9.91. The van der Waals surface area contributed by atoms with Crippen molar-refractivity contribution >= 4 is 70.1 Å². The largest absolute Gasteiger partial charge is 0.309 e. The molecule has 0 bridgehead atoms. The Morgan fingerprint density at radius 2 is 0.897 bits per heavy atom. The Bertz CT molecular complexity index is 3270. The fourth-order valence-corrected chi connectivity index (χ4v) is 9.92. The van der Waals surface area contributed by atoms with E-state index in [4.69, 9.17) is 0 Å². The van der Waals surface area contributed by atoms with Crippen molar-refractivity contribution in [2.24, 2.45) is 0 Å². The first-order valence-electron chi connectivity index (χ1n) is 19.8. The van der Waals surface area contributed by atoms with Gasteiger partial charge in [0.2, 0.25) is 0 Å². The fraction of sp³-hybridized carbons (Fsp3) is 0. The van der Waals surface area contributed by atoms with Crippen molar-refractivity contribution in [3.63, 3.8) is 0 Å². The molecular formula is C56H37NS. The van der Waals surface area contributed by atoms with Crippen LogP contribution in [0.4, 0.5) is 17.1 Å². The van der Waals surface area contributed by atoms with E-state index in [1.807, 2.05) is 11.3 Å². The van der Waals surface area contributed by atoms with Gasteiger partial charge in [0, 0.05) is 26.8 Å². The van der Waals surface area contributed by atoms with E-state index in [-0.39, 0.29) is 0 Å². The Morgan fingerprint density at radius 1 is 0.310 bits per heavy atom. The lowest BCUT2D eigenvalue weighted by Crippen LogP contribution is -2.10. The van der Waals surface area contributed by atoms with Crippen molar-refractivity contribution in [1.82, 2.24) is 0 Å². The van der Waals surface area contributed by atoms with Gasteiger partial charge in [0.05, 0.1) is 10.4 Å². The predicted octanol–water partition coefficient (Wildman–Crippen LogP) is 16.5. The number of rotatable bonds is 7. The maximum Gasteiger partial charge on any atom is 0.0640 e. The lowest BCUT2D eigenvalue weighted by Gasteiger charge is -2.27. The van der Waals surface area contributed by atoms with Crippen LogP contribution in [-0.2, 0) is 0 Å². The number of anilines is 3. The second kappa shape index (κ2) is 14.4. The zero-order chi connectivity index (χ0) is 38.4. The van der Waals surface area contributed by atoms with Gasteiger partial charge in [0.15, 0.2) is 0 Å². The molecule has 0 fully saturated rings. The minimum absolute atomic E-state index is 1.11. The molecule has 0 unspecified atom stereocenters. The fourth-order valence-electron chi connectivity index (χ4n) is 8.71. The molecule has 1 aromatic heterocycles. The first kappa shape index (κ1) is 34.0. The Hall–Kier alpha value is -7.26. The summed E-state index contributed by atoms with van der Waals surface area (Å²) in [4.78, 5) is 2.45. The summed E-state index contributed by atoms with van der Waals surface area (Å²) in [6, 6.07) is 81.9. The molecule has 0 spiro atoms. The molecule has 11 aromatic rings. The third-order valence-corrected chi connectivity index (χ3v) is 12.7. The van der Waals surface area contributed by atoms with Crippen LogP contribution in [0.2, 0.25) is 0 Å². The third kappa shape index (κ3) is 5.94. The Labute approximate surface area is 342 Å². The molecule has 0 amide bonds. The number of fused-ring (bicyclic) bond motifs is 5. The standard InChI is InChI=1S/C56H37NS/c1-3-14-39(15-4-1)47-24-10-18-41-30-31-43(37-52(41)47)38-32-34-45(35-33-38)57(53-28-13-27-51-50-23-7-8-29-54(50)58-56(51)53)46-22-9-21-44(36-46)49-26-12-20-42-19-11-25-48(55(42)49)40-16-5-2-6-17-40/h1-37H. The molecule has 0 saturated heterocycles. The molecule has 0 aliphatic rings.